The molecule has 5 aliphatic rings. The number of nitrogens with zero attached hydrogens (tertiary/aromatic N) is 1. The van der Waals surface area contributed by atoms with Gasteiger partial charge in [-0.1, -0.05) is 67.0 Å². The van der Waals surface area contributed by atoms with Crippen LogP contribution < -0.4 is 5.32 Å². The first kappa shape index (κ1) is 34.1. The molecule has 1 aliphatic heterocycles. The highest BCUT2D eigenvalue weighted by atomic mass is 16.5. The van der Waals surface area contributed by atoms with Gasteiger partial charge in [-0.3, -0.25) is 14.4 Å². The van der Waals surface area contributed by atoms with Gasteiger partial charge in [0.25, 0.3) is 0 Å². The van der Waals surface area contributed by atoms with E-state index in [2.05, 4.69) is 52.9 Å². The first-order valence-corrected chi connectivity index (χ1v) is 17.7. The predicted molar refractivity (Wildman–Crippen MR) is 177 cm³/mol. The van der Waals surface area contributed by atoms with E-state index in [1.807, 2.05) is 26.0 Å². The number of hydrogen-bond donors (Lipinski definition) is 1. The molecule has 6 nitrogen and oxygen atoms in total. The SMILES string of the molecule is CC1CC(C)(C)CC[C@]1(CCC(=O)OC1CCNCC1)CC[C@]1(C)CC(=O)C=C2[C@@]3(C)C=C(C#N)C(=O)C(C)(C)[C@@H]3CC[C@]21C. The van der Waals surface area contributed by atoms with Crippen LogP contribution in [0.1, 0.15) is 132 Å². The van der Waals surface area contributed by atoms with E-state index in [0.29, 0.717) is 18.8 Å². The number of fused-ring (bicyclic) bond motifs is 3. The van der Waals surface area contributed by atoms with Gasteiger partial charge in [-0.05, 0) is 117 Å². The highest BCUT2D eigenvalue weighted by Crippen LogP contribution is 2.69. The highest BCUT2D eigenvalue weighted by Gasteiger charge is 2.63. The molecule has 2 saturated carbocycles. The van der Waals surface area contributed by atoms with Gasteiger partial charge in [-0.25, -0.2) is 0 Å². The molecule has 0 bridgehead atoms. The number of nitrogens with one attached hydrogen (secondary N) is 1. The molecule has 0 spiro atoms. The number of Topliss-reactive ketones (excluding diaryl/α,β-unsaturated/α-hetero) is 1. The molecule has 5 rings (SSSR count). The molecule has 248 valence electrons. The highest BCUT2D eigenvalue weighted by molar-refractivity contribution is 6.04. The lowest BCUT2D eigenvalue weighted by Gasteiger charge is -2.63. The lowest BCUT2D eigenvalue weighted by atomic mass is 9.40. The molecule has 0 amide bonds. The Hall–Kier alpha value is -2.26. The molecule has 1 heterocycles. The van der Waals surface area contributed by atoms with Crippen molar-refractivity contribution in [1.29, 1.82) is 5.26 Å². The lowest BCUT2D eigenvalue weighted by molar-refractivity contribution is -0.151. The van der Waals surface area contributed by atoms with Crippen molar-refractivity contribution in [2.45, 2.75) is 139 Å². The molecule has 4 aliphatic carbocycles. The average Bonchev–Trinajstić information content (AvgIpc) is 2.96. The fraction of sp³-hybridized carbons (Fsp3) is 0.795. The van der Waals surface area contributed by atoms with E-state index in [1.54, 1.807) is 0 Å². The maximum absolute atomic E-state index is 13.7. The van der Waals surface area contributed by atoms with Crippen LogP contribution in [0.5, 0.6) is 0 Å². The number of carbonyl (C=O) groups excluding carboxylic acids is 3. The predicted octanol–water partition coefficient (Wildman–Crippen LogP) is 8.06. The van der Waals surface area contributed by atoms with Crippen molar-refractivity contribution in [3.8, 4) is 6.07 Å². The number of ether oxygens (including phenoxy) is 1. The molecule has 0 aromatic heterocycles. The number of esters is 1. The molecular formula is C39H58N2O4. The lowest BCUT2D eigenvalue weighted by Crippen LogP contribution is -2.58. The van der Waals surface area contributed by atoms with Crippen LogP contribution in [0.2, 0.25) is 0 Å². The zero-order chi connectivity index (χ0) is 33.1. The fourth-order valence-electron chi connectivity index (χ4n) is 10.9. The van der Waals surface area contributed by atoms with Gasteiger partial charge in [0.05, 0.1) is 5.57 Å². The molecule has 1 N–H and O–H groups in total. The summed E-state index contributed by atoms with van der Waals surface area (Å²) in [7, 11) is 0. The van der Waals surface area contributed by atoms with Crippen LogP contribution in [0.25, 0.3) is 0 Å². The van der Waals surface area contributed by atoms with Crippen LogP contribution in [0.3, 0.4) is 0 Å². The summed E-state index contributed by atoms with van der Waals surface area (Å²) in [5.41, 5.74) is -0.00592. The maximum Gasteiger partial charge on any atom is 0.306 e. The Labute approximate surface area is 272 Å². The largest absolute Gasteiger partial charge is 0.462 e. The summed E-state index contributed by atoms with van der Waals surface area (Å²) >= 11 is 0. The Morgan fingerprint density at radius 3 is 2.31 bits per heavy atom. The van der Waals surface area contributed by atoms with E-state index < -0.39 is 10.8 Å². The minimum Gasteiger partial charge on any atom is -0.462 e. The van der Waals surface area contributed by atoms with Crippen molar-refractivity contribution in [1.82, 2.24) is 5.32 Å². The van der Waals surface area contributed by atoms with Gasteiger partial charge < -0.3 is 10.1 Å². The van der Waals surface area contributed by atoms with E-state index in [9.17, 15) is 19.6 Å². The molecule has 0 radical (unpaired) electrons. The van der Waals surface area contributed by atoms with E-state index in [0.717, 1.165) is 82.9 Å². The van der Waals surface area contributed by atoms with Gasteiger partial charge in [-0.15, -0.1) is 0 Å². The molecule has 1 unspecified atom stereocenters. The second kappa shape index (κ2) is 11.8. The number of hydrogen-bond acceptors (Lipinski definition) is 6. The maximum atomic E-state index is 13.7. The smallest absolute Gasteiger partial charge is 0.306 e. The zero-order valence-electron chi connectivity index (χ0n) is 29.4. The average molecular weight is 619 g/mol. The summed E-state index contributed by atoms with van der Waals surface area (Å²) in [6, 6.07) is 2.20. The standard InChI is InChI=1S/C39H58N2O4/c1-26-22-34(2,3)15-17-39(26,14-10-32(43)45-29-11-19-41-20-12-29)18-16-36(6)24-28(42)21-31-37(7)23-27(25-40)33(44)35(4,5)30(37)9-13-38(31,36)8/h21,23,26,29-30,41H,9-20,22,24H2,1-8H3/t26?,30-,36+,37-,38+,39+/m0/s1. The molecular weight excluding hydrogens is 560 g/mol. The van der Waals surface area contributed by atoms with Crippen LogP contribution >= 0.6 is 0 Å². The normalized spacial score (nSPS) is 39.5. The third-order valence-corrected chi connectivity index (χ3v) is 14.1. The van der Waals surface area contributed by atoms with Crippen LogP contribution in [-0.2, 0) is 19.1 Å². The number of rotatable bonds is 7. The Morgan fingerprint density at radius 2 is 1.67 bits per heavy atom. The fourth-order valence-corrected chi connectivity index (χ4v) is 10.9. The monoisotopic (exact) mass is 618 g/mol. The minimum atomic E-state index is -0.662. The molecule has 6 heteroatoms. The quantitative estimate of drug-likeness (QED) is 0.290. The van der Waals surface area contributed by atoms with E-state index in [-0.39, 0.29) is 56.8 Å². The van der Waals surface area contributed by atoms with Crippen molar-refractivity contribution in [3.05, 3.63) is 23.3 Å². The number of allylic oxidation sites excluding steroid dienone is 4. The van der Waals surface area contributed by atoms with Gasteiger partial charge in [0.15, 0.2) is 11.6 Å². The van der Waals surface area contributed by atoms with Crippen molar-refractivity contribution in [3.63, 3.8) is 0 Å². The molecule has 1 saturated heterocycles. The summed E-state index contributed by atoms with van der Waals surface area (Å²) in [5, 5.41) is 13.3. The zero-order valence-corrected chi connectivity index (χ0v) is 29.4. The first-order valence-electron chi connectivity index (χ1n) is 17.7. The number of piperidine rings is 1. The molecule has 3 fully saturated rings. The van der Waals surface area contributed by atoms with Gasteiger partial charge in [0, 0.05) is 23.7 Å². The van der Waals surface area contributed by atoms with Gasteiger partial charge >= 0.3 is 5.97 Å². The van der Waals surface area contributed by atoms with Gasteiger partial charge in [0.2, 0.25) is 0 Å². The molecule has 0 aromatic rings. The Morgan fingerprint density at radius 1 is 0.978 bits per heavy atom. The van der Waals surface area contributed by atoms with Gasteiger partial charge in [0.1, 0.15) is 12.2 Å². The van der Waals surface area contributed by atoms with Crippen molar-refractivity contribution in [2.24, 2.45) is 44.3 Å². The first-order chi connectivity index (χ1) is 20.9. The van der Waals surface area contributed by atoms with Crippen LogP contribution in [0, 0.1) is 55.7 Å². The summed E-state index contributed by atoms with van der Waals surface area (Å²) in [6.45, 7) is 19.8. The topological polar surface area (TPSA) is 96.3 Å². The molecule has 0 aromatic carbocycles. The molecule has 45 heavy (non-hydrogen) atoms. The van der Waals surface area contributed by atoms with Crippen LogP contribution in [0.15, 0.2) is 23.3 Å². The number of ketones is 2. The van der Waals surface area contributed by atoms with Gasteiger partial charge in [-0.2, -0.15) is 5.26 Å². The third kappa shape index (κ3) is 5.90. The number of nitriles is 1. The van der Waals surface area contributed by atoms with E-state index >= 15 is 0 Å². The molecule has 6 atom stereocenters. The summed E-state index contributed by atoms with van der Waals surface area (Å²) in [6.07, 6.45) is 14.5. The van der Waals surface area contributed by atoms with Crippen LogP contribution in [0.4, 0.5) is 0 Å². The van der Waals surface area contributed by atoms with E-state index in [4.69, 9.17) is 4.74 Å². The second-order valence-electron chi connectivity index (χ2n) is 17.8. The summed E-state index contributed by atoms with van der Waals surface area (Å²) in [4.78, 5) is 40.1. The van der Waals surface area contributed by atoms with Crippen molar-refractivity contribution >= 4 is 17.5 Å². The van der Waals surface area contributed by atoms with Crippen molar-refractivity contribution in [2.75, 3.05) is 13.1 Å². The third-order valence-electron chi connectivity index (χ3n) is 14.1. The second-order valence-corrected chi connectivity index (χ2v) is 17.8. The summed E-state index contributed by atoms with van der Waals surface area (Å²) < 4.78 is 5.94. The minimum absolute atomic E-state index is 0.0284. The van der Waals surface area contributed by atoms with Crippen molar-refractivity contribution < 1.29 is 19.1 Å². The Bertz CT molecular complexity index is 1330. The van der Waals surface area contributed by atoms with Crippen LogP contribution in [-0.4, -0.2) is 36.7 Å². The summed E-state index contributed by atoms with van der Waals surface area (Å²) in [5.74, 6) is 0.540. The van der Waals surface area contributed by atoms with E-state index in [1.165, 1.54) is 0 Å². The Kier molecular flexibility index (Phi) is 8.91. The Balaban J connectivity index is 1.42. The number of carbonyl (C=O) groups is 3.